The fraction of sp³-hybridized carbons (Fsp3) is 0.800. The van der Waals surface area contributed by atoms with Crippen LogP contribution in [0.15, 0.2) is 4.99 Å². The van der Waals surface area contributed by atoms with Gasteiger partial charge in [-0.15, -0.1) is 0 Å². The van der Waals surface area contributed by atoms with Gasteiger partial charge in [-0.3, -0.25) is 0 Å². The van der Waals surface area contributed by atoms with Crippen molar-refractivity contribution in [2.24, 2.45) is 16.5 Å². The molecule has 0 rings (SSSR count). The summed E-state index contributed by atoms with van der Waals surface area (Å²) < 4.78 is 0. The Labute approximate surface area is 82.2 Å². The van der Waals surface area contributed by atoms with E-state index in [0.717, 1.165) is 0 Å². The molecular formula is C5H18N8O. The lowest BCUT2D eigenvalue weighted by molar-refractivity contribution is -0.946. The highest BCUT2D eigenvalue weighted by molar-refractivity contribution is 5.77. The van der Waals surface area contributed by atoms with Gasteiger partial charge in [0.15, 0.2) is 0 Å². The first-order valence-corrected chi connectivity index (χ1v) is 4.16. The molecule has 0 spiro atoms. The van der Waals surface area contributed by atoms with Crippen LogP contribution in [-0.4, -0.2) is 37.3 Å². The molecule has 0 fully saturated rings. The second-order valence-corrected chi connectivity index (χ2v) is 2.33. The van der Waals surface area contributed by atoms with Crippen LogP contribution in [0, 0.1) is 0 Å². The van der Waals surface area contributed by atoms with E-state index in [2.05, 4.69) is 21.4 Å². The number of hydrogen-bond donors (Lipinski definition) is 7. The molecule has 14 heavy (non-hydrogen) atoms. The number of nitrogens with zero attached hydrogens (tertiary/aromatic N) is 1. The maximum absolute atomic E-state index is 8.43. The highest BCUT2D eigenvalue weighted by Gasteiger charge is 1.94. The number of nitrogens with one attached hydrogen (secondary N) is 5. The molecule has 0 aromatic carbocycles. The van der Waals surface area contributed by atoms with Crippen molar-refractivity contribution in [1.82, 2.24) is 16.4 Å². The van der Waals surface area contributed by atoms with Crippen molar-refractivity contribution in [2.45, 2.75) is 0 Å². The van der Waals surface area contributed by atoms with Crippen LogP contribution < -0.4 is 33.1 Å². The van der Waals surface area contributed by atoms with E-state index < -0.39 is 0 Å². The number of hydrazine groups is 1. The number of rotatable bonds is 7. The molecule has 9 nitrogen and oxygen atoms in total. The van der Waals surface area contributed by atoms with Crippen molar-refractivity contribution >= 4 is 5.96 Å². The minimum atomic E-state index is -0.0642. The molecular weight excluding hydrogens is 188 g/mol. The zero-order chi connectivity index (χ0) is 10.8. The lowest BCUT2D eigenvalue weighted by atomic mass is 10.7. The van der Waals surface area contributed by atoms with Crippen molar-refractivity contribution in [3.05, 3.63) is 5.84 Å². The summed E-state index contributed by atoms with van der Waals surface area (Å²) in [5.41, 5.74) is 18.2. The number of hydrogen-bond acceptors (Lipinski definition) is 5. The molecule has 0 aromatic heterocycles. The van der Waals surface area contributed by atoms with Crippen LogP contribution in [0.4, 0.5) is 0 Å². The summed E-state index contributed by atoms with van der Waals surface area (Å²) in [6.07, 6.45) is 0. The van der Waals surface area contributed by atoms with E-state index in [1.165, 1.54) is 0 Å². The Morgan fingerprint density at radius 1 is 1.57 bits per heavy atom. The van der Waals surface area contributed by atoms with Crippen molar-refractivity contribution in [3.8, 4) is 0 Å². The topological polar surface area (TPSA) is 149 Å². The molecule has 1 unspecified atom stereocenters. The summed E-state index contributed by atoms with van der Waals surface area (Å²) in [5.74, 6) is 7.37. The third-order valence-corrected chi connectivity index (χ3v) is 1.14. The predicted molar refractivity (Wildman–Crippen MR) is 52.2 cm³/mol. The van der Waals surface area contributed by atoms with Crippen LogP contribution in [-0.2, 0) is 0 Å². The fourth-order valence-electron chi connectivity index (χ4n) is 0.578. The minimum absolute atomic E-state index is 0.0533. The largest absolute Gasteiger partial charge is 0.426 e. The summed E-state index contributed by atoms with van der Waals surface area (Å²) >= 11 is 0. The Morgan fingerprint density at radius 2 is 2.29 bits per heavy atom. The van der Waals surface area contributed by atoms with Crippen molar-refractivity contribution < 1.29 is 10.3 Å². The van der Waals surface area contributed by atoms with Crippen molar-refractivity contribution in [1.29, 1.82) is 0 Å². The summed E-state index contributed by atoms with van der Waals surface area (Å²) in [4.78, 5) is 3.72. The molecule has 0 heterocycles. The van der Waals surface area contributed by atoms with Crippen LogP contribution in [0.2, 0.25) is 0 Å². The normalized spacial score (nSPS) is 14.1. The average molecular weight is 206 g/mol. The van der Waals surface area contributed by atoms with Gasteiger partial charge in [-0.25, -0.2) is 15.6 Å². The third kappa shape index (κ3) is 7.67. The fourth-order valence-corrected chi connectivity index (χ4v) is 0.578. The van der Waals surface area contributed by atoms with Gasteiger partial charge >= 0.3 is 0 Å². The summed E-state index contributed by atoms with van der Waals surface area (Å²) in [5, 5.41) is 8.48. The quantitative estimate of drug-likeness (QED) is 0.127. The van der Waals surface area contributed by atoms with Gasteiger partial charge in [0, 0.05) is 6.54 Å². The van der Waals surface area contributed by atoms with Gasteiger partial charge in [0.05, 0.1) is 19.7 Å². The van der Waals surface area contributed by atoms with Crippen molar-refractivity contribution in [3.63, 3.8) is 0 Å². The summed E-state index contributed by atoms with van der Waals surface area (Å²) in [7, 11) is 0. The van der Waals surface area contributed by atoms with Crippen molar-refractivity contribution in [2.75, 3.05) is 26.2 Å². The van der Waals surface area contributed by atoms with Gasteiger partial charge in [-0.1, -0.05) is 5.53 Å². The predicted octanol–water partition coefficient (Wildman–Crippen LogP) is -4.38. The number of nitrogens with two attached hydrogens (primary N) is 2. The molecule has 9 heteroatoms. The Morgan fingerprint density at radius 3 is 2.86 bits per heavy atom. The minimum Gasteiger partial charge on any atom is -0.426 e. The smallest absolute Gasteiger partial charge is 0.207 e. The lowest BCUT2D eigenvalue weighted by Gasteiger charge is -2.21. The Balaban J connectivity index is 3.49. The van der Waals surface area contributed by atoms with Gasteiger partial charge in [0.2, 0.25) is 5.96 Å². The zero-order valence-corrected chi connectivity index (χ0v) is 7.88. The number of aliphatic hydroxyl groups excluding tert-OH is 1. The van der Waals surface area contributed by atoms with Crippen LogP contribution in [0.5, 0.6) is 0 Å². The van der Waals surface area contributed by atoms with Crippen LogP contribution in [0.25, 0.3) is 5.84 Å². The molecule has 0 saturated heterocycles. The van der Waals surface area contributed by atoms with E-state index in [1.54, 1.807) is 0 Å². The molecule has 0 aliphatic carbocycles. The Hall–Kier alpha value is -0.970. The van der Waals surface area contributed by atoms with Gasteiger partial charge in [0.25, 0.3) is 0 Å². The number of aliphatic hydroxyl groups is 1. The van der Waals surface area contributed by atoms with Crippen LogP contribution in [0.3, 0.4) is 0 Å². The third-order valence-electron chi connectivity index (χ3n) is 1.14. The first-order valence-electron chi connectivity index (χ1n) is 4.16. The van der Waals surface area contributed by atoms with E-state index in [4.69, 9.17) is 22.4 Å². The number of quaternary nitrogens is 1. The first kappa shape index (κ1) is 13.0. The van der Waals surface area contributed by atoms with Crippen LogP contribution >= 0.6 is 0 Å². The molecule has 10 N–H and O–H groups in total. The maximum atomic E-state index is 8.43. The molecule has 84 valence electrons. The highest BCUT2D eigenvalue weighted by atomic mass is 16.3. The van der Waals surface area contributed by atoms with Gasteiger partial charge in [-0.05, 0) is 0 Å². The Kier molecular flexibility index (Phi) is 8.02. The van der Waals surface area contributed by atoms with E-state index in [0.29, 0.717) is 13.1 Å². The van der Waals surface area contributed by atoms with Gasteiger partial charge in [0.1, 0.15) is 0 Å². The monoisotopic (exact) mass is 206 g/mol. The Bertz CT molecular complexity index is 162. The summed E-state index contributed by atoms with van der Waals surface area (Å²) in [6.45, 7) is 1.11. The summed E-state index contributed by atoms with van der Waals surface area (Å²) in [6, 6.07) is 0. The number of aliphatic imine (C=N–C) groups is 1. The average Bonchev–Trinajstić information content (AvgIpc) is 2.20. The molecule has 0 aromatic rings. The molecule has 0 saturated carbocycles. The van der Waals surface area contributed by atoms with E-state index in [1.807, 2.05) is 0 Å². The van der Waals surface area contributed by atoms with Gasteiger partial charge < -0.3 is 22.4 Å². The second kappa shape index (κ2) is 8.62. The van der Waals surface area contributed by atoms with E-state index >= 15 is 0 Å². The second-order valence-electron chi connectivity index (χ2n) is 2.33. The molecule has 1 atom stereocenters. The molecule has 0 aliphatic heterocycles. The number of guanidine groups is 1. The lowest BCUT2D eigenvalue weighted by Crippen LogP contribution is -3.21. The molecule has 0 aliphatic rings. The molecule has 0 radical (unpaired) electrons. The van der Waals surface area contributed by atoms with E-state index in [9.17, 15) is 0 Å². The molecule has 0 bridgehead atoms. The first-order chi connectivity index (χ1) is 6.70. The molecule has 0 amide bonds. The zero-order valence-electron chi connectivity index (χ0n) is 7.88. The van der Waals surface area contributed by atoms with E-state index in [-0.39, 0.29) is 24.3 Å². The van der Waals surface area contributed by atoms with Crippen LogP contribution in [0.1, 0.15) is 0 Å². The SMILES string of the molecule is [NH-][NH+](NCCN)NNC(N)=NCCO. The van der Waals surface area contributed by atoms with Gasteiger partial charge in [-0.2, -0.15) is 5.43 Å². The standard InChI is InChI=1S/C5H18N8O/c6-1-2-10-13(8)12-11-5(7)9-3-4-14/h8,10,12-14H,1-4,6H2,(H3,7,9,11). The highest BCUT2D eigenvalue weighted by Crippen LogP contribution is 1.63. The maximum Gasteiger partial charge on any atom is 0.207 e.